The minimum absolute atomic E-state index is 0.0427. The highest BCUT2D eigenvalue weighted by molar-refractivity contribution is 8.00. The van der Waals surface area contributed by atoms with E-state index in [1.165, 1.54) is 47.8 Å². The number of aromatic nitrogens is 4. The number of hydrogen-bond donors (Lipinski definition) is 4. The number of aromatic amines is 2. The van der Waals surface area contributed by atoms with Crippen molar-refractivity contribution < 1.29 is 19.4 Å². The van der Waals surface area contributed by atoms with Gasteiger partial charge in [-0.05, 0) is 24.3 Å². The fourth-order valence-corrected chi connectivity index (χ4v) is 5.85. The fourth-order valence-electron chi connectivity index (χ4n) is 4.48. The Kier molecular flexibility index (Phi) is 7.82. The Labute approximate surface area is 255 Å². The minimum atomic E-state index is -0.485. The molecule has 44 heavy (non-hydrogen) atoms. The van der Waals surface area contributed by atoms with Crippen LogP contribution in [-0.2, 0) is 9.59 Å². The molecular weight excluding hydrogens is 608 g/mol. The van der Waals surface area contributed by atoms with E-state index in [1.54, 1.807) is 36.4 Å². The molecule has 0 saturated carbocycles. The first-order valence-electron chi connectivity index (χ1n) is 12.9. The van der Waals surface area contributed by atoms with Crippen molar-refractivity contribution in [3.63, 3.8) is 0 Å². The maximum atomic E-state index is 12.8. The minimum Gasteiger partial charge on any atom is -0.333 e. The number of anilines is 2. The highest BCUT2D eigenvalue weighted by Gasteiger charge is 2.15. The number of H-pyrrole nitrogens is 2. The number of non-ortho nitro benzene ring substituents is 2. The van der Waals surface area contributed by atoms with E-state index < -0.39 is 9.85 Å². The summed E-state index contributed by atoms with van der Waals surface area (Å²) >= 11 is 2.33. The van der Waals surface area contributed by atoms with Gasteiger partial charge in [-0.1, -0.05) is 47.8 Å². The molecule has 6 aromatic rings. The van der Waals surface area contributed by atoms with Crippen LogP contribution in [0.3, 0.4) is 0 Å². The lowest BCUT2D eigenvalue weighted by Crippen LogP contribution is -2.15. The molecule has 4 aromatic carbocycles. The molecule has 0 aliphatic carbocycles. The molecule has 0 aliphatic rings. The summed E-state index contributed by atoms with van der Waals surface area (Å²) in [5.41, 5.74) is 3.16. The highest BCUT2D eigenvalue weighted by atomic mass is 32.2. The number of amides is 2. The van der Waals surface area contributed by atoms with Gasteiger partial charge in [0.2, 0.25) is 11.8 Å². The van der Waals surface area contributed by atoms with E-state index in [4.69, 9.17) is 0 Å². The number of imidazole rings is 2. The van der Waals surface area contributed by atoms with Crippen molar-refractivity contribution in [1.29, 1.82) is 0 Å². The largest absolute Gasteiger partial charge is 0.333 e. The Morgan fingerprint density at radius 2 is 1.11 bits per heavy atom. The van der Waals surface area contributed by atoms with Crippen LogP contribution in [0.5, 0.6) is 0 Å². The van der Waals surface area contributed by atoms with Crippen LogP contribution in [0.25, 0.3) is 32.8 Å². The first-order chi connectivity index (χ1) is 21.2. The van der Waals surface area contributed by atoms with Gasteiger partial charge in [0, 0.05) is 46.4 Å². The van der Waals surface area contributed by atoms with Crippen molar-refractivity contribution in [1.82, 2.24) is 19.9 Å². The zero-order valence-electron chi connectivity index (χ0n) is 22.4. The molecule has 6 rings (SSSR count). The van der Waals surface area contributed by atoms with E-state index >= 15 is 0 Å². The molecule has 2 amide bonds. The second kappa shape index (κ2) is 12.0. The van der Waals surface area contributed by atoms with Crippen molar-refractivity contribution in [2.75, 3.05) is 22.1 Å². The number of fused-ring (bicyclic) bond motifs is 3. The second-order valence-corrected chi connectivity index (χ2v) is 11.3. The molecule has 4 N–H and O–H groups in total. The van der Waals surface area contributed by atoms with Gasteiger partial charge in [0.05, 0.1) is 43.4 Å². The summed E-state index contributed by atoms with van der Waals surface area (Å²) in [6, 6.07) is 19.4. The van der Waals surface area contributed by atoms with Gasteiger partial charge in [-0.3, -0.25) is 29.8 Å². The van der Waals surface area contributed by atoms with Gasteiger partial charge in [0.15, 0.2) is 10.3 Å². The second-order valence-electron chi connectivity index (χ2n) is 9.38. The molecule has 14 nitrogen and oxygen atoms in total. The zero-order chi connectivity index (χ0) is 30.8. The maximum absolute atomic E-state index is 12.8. The number of nitrogens with zero attached hydrogens (tertiary/aromatic N) is 4. The average Bonchev–Trinajstić information content (AvgIpc) is 3.62. The van der Waals surface area contributed by atoms with E-state index in [2.05, 4.69) is 30.6 Å². The van der Waals surface area contributed by atoms with Gasteiger partial charge in [0.25, 0.3) is 11.4 Å². The number of carbonyl (C=O) groups excluding carboxylic acids is 2. The van der Waals surface area contributed by atoms with Gasteiger partial charge < -0.3 is 20.6 Å². The van der Waals surface area contributed by atoms with Gasteiger partial charge in [-0.15, -0.1) is 0 Å². The Morgan fingerprint density at radius 3 is 1.52 bits per heavy atom. The van der Waals surface area contributed by atoms with Gasteiger partial charge in [-0.2, -0.15) is 0 Å². The summed E-state index contributed by atoms with van der Waals surface area (Å²) < 4.78 is 0. The SMILES string of the molecule is O=C(CSc1nc2ccc([N+](=O)[O-])cc2[nH]1)Nc1cccc2c(NC(=O)CSc3nc4ccc([N+](=O)[O-])cc4[nH]3)cccc12. The molecule has 0 atom stereocenters. The summed E-state index contributed by atoms with van der Waals surface area (Å²) in [5, 5.41) is 30.2. The normalized spacial score (nSPS) is 11.2. The molecule has 0 bridgehead atoms. The monoisotopic (exact) mass is 628 g/mol. The number of rotatable bonds is 10. The van der Waals surface area contributed by atoms with E-state index in [-0.39, 0.29) is 34.7 Å². The zero-order valence-corrected chi connectivity index (χ0v) is 24.0. The summed E-state index contributed by atoms with van der Waals surface area (Å²) in [7, 11) is 0. The number of nitrogens with one attached hydrogen (secondary N) is 4. The summed E-state index contributed by atoms with van der Waals surface area (Å²) in [6.07, 6.45) is 0. The van der Waals surface area contributed by atoms with Crippen molar-refractivity contribution in [3.8, 4) is 0 Å². The van der Waals surface area contributed by atoms with Crippen LogP contribution in [0.1, 0.15) is 0 Å². The number of hydrogen-bond acceptors (Lipinski definition) is 10. The quantitative estimate of drug-likeness (QED) is 0.0807. The van der Waals surface area contributed by atoms with Crippen molar-refractivity contribution in [2.45, 2.75) is 10.3 Å². The van der Waals surface area contributed by atoms with Crippen LogP contribution in [0.4, 0.5) is 22.7 Å². The average molecular weight is 629 g/mol. The molecule has 0 spiro atoms. The maximum Gasteiger partial charge on any atom is 0.271 e. The number of nitro groups is 2. The lowest BCUT2D eigenvalue weighted by atomic mass is 10.1. The molecule has 0 aliphatic heterocycles. The summed E-state index contributed by atoms with van der Waals surface area (Å²) in [5.74, 6) is -0.478. The standard InChI is InChI=1S/C28H20N8O6S2/c37-25(13-43-27-31-21-9-7-15(35(39)40)11-23(21)33-27)29-19-5-1-3-17-18(19)4-2-6-20(17)30-26(38)14-44-28-32-22-10-8-16(36(41)42)12-24(22)34-28/h1-12H,13-14H2,(H,29,37)(H,30,38)(H,31,33)(H,32,34). The lowest BCUT2D eigenvalue weighted by molar-refractivity contribution is -0.384. The van der Waals surface area contributed by atoms with E-state index in [9.17, 15) is 29.8 Å². The van der Waals surface area contributed by atoms with Crippen LogP contribution in [0, 0.1) is 20.2 Å². The molecule has 2 aromatic heterocycles. The molecule has 0 radical (unpaired) electrons. The Morgan fingerprint density at radius 1 is 0.682 bits per heavy atom. The third-order valence-corrected chi connectivity index (χ3v) is 8.21. The third-order valence-electron chi connectivity index (χ3n) is 6.46. The number of nitro benzene ring substituents is 2. The van der Waals surface area contributed by atoms with E-state index in [0.29, 0.717) is 43.8 Å². The predicted molar refractivity (Wildman–Crippen MR) is 168 cm³/mol. The fraction of sp³-hybridized carbons (Fsp3) is 0.0714. The van der Waals surface area contributed by atoms with Crippen molar-refractivity contribution in [3.05, 3.63) is 93.0 Å². The molecule has 0 unspecified atom stereocenters. The topological polar surface area (TPSA) is 202 Å². The van der Waals surface area contributed by atoms with Crippen LogP contribution in [-0.4, -0.2) is 53.1 Å². The molecule has 16 heteroatoms. The lowest BCUT2D eigenvalue weighted by Gasteiger charge is -2.12. The highest BCUT2D eigenvalue weighted by Crippen LogP contribution is 2.31. The third kappa shape index (κ3) is 6.16. The van der Waals surface area contributed by atoms with Crippen LogP contribution in [0.2, 0.25) is 0 Å². The van der Waals surface area contributed by atoms with Gasteiger partial charge in [0.1, 0.15) is 0 Å². The van der Waals surface area contributed by atoms with Gasteiger partial charge in [-0.25, -0.2) is 9.97 Å². The van der Waals surface area contributed by atoms with Crippen LogP contribution in [0.15, 0.2) is 83.1 Å². The molecule has 2 heterocycles. The van der Waals surface area contributed by atoms with Crippen LogP contribution < -0.4 is 10.6 Å². The molecule has 0 saturated heterocycles. The van der Waals surface area contributed by atoms with E-state index in [1.807, 2.05) is 12.1 Å². The van der Waals surface area contributed by atoms with Gasteiger partial charge >= 0.3 is 0 Å². The summed E-state index contributed by atoms with van der Waals surface area (Å²) in [6.45, 7) is 0. The Balaban J connectivity index is 1.09. The number of thioether (sulfide) groups is 2. The van der Waals surface area contributed by atoms with Crippen molar-refractivity contribution in [2.24, 2.45) is 0 Å². The molecular formula is C28H20N8O6S2. The Hall–Kier alpha value is -5.48. The first-order valence-corrected chi connectivity index (χ1v) is 14.9. The predicted octanol–water partition coefficient (Wildman–Crippen LogP) is 5.87. The summed E-state index contributed by atoms with van der Waals surface area (Å²) in [4.78, 5) is 61.4. The number of benzene rings is 4. The van der Waals surface area contributed by atoms with Crippen molar-refractivity contribution >= 4 is 90.9 Å². The van der Waals surface area contributed by atoms with E-state index in [0.717, 1.165) is 10.8 Å². The first kappa shape index (κ1) is 28.6. The molecule has 220 valence electrons. The van der Waals surface area contributed by atoms with Crippen LogP contribution >= 0.6 is 23.5 Å². The number of carbonyl (C=O) groups is 2. The molecule has 0 fully saturated rings. The Bertz CT molecular complexity index is 1960. The smallest absolute Gasteiger partial charge is 0.271 e.